The summed E-state index contributed by atoms with van der Waals surface area (Å²) in [6.07, 6.45) is 4.92. The number of nitrogens with one attached hydrogen (secondary N) is 2. The molecular weight excluding hydrogens is 426 g/mol. The molecule has 0 aliphatic heterocycles. The van der Waals surface area contributed by atoms with Crippen LogP contribution in [0.3, 0.4) is 0 Å². The summed E-state index contributed by atoms with van der Waals surface area (Å²) in [5, 5.41) is 18.0. The van der Waals surface area contributed by atoms with Gasteiger partial charge in [0.15, 0.2) is 11.5 Å². The zero-order chi connectivity index (χ0) is 23.9. The summed E-state index contributed by atoms with van der Waals surface area (Å²) in [4.78, 5) is 11.5. The second kappa shape index (κ2) is 11.4. The first-order valence-corrected chi connectivity index (χ1v) is 12.4. The number of phenols is 1. The van der Waals surface area contributed by atoms with Crippen molar-refractivity contribution in [1.82, 2.24) is 15.3 Å². The number of hydrogen-bond donors (Lipinski definition) is 3. The molecule has 1 aliphatic carbocycles. The zero-order valence-electron chi connectivity index (χ0n) is 20.6. The van der Waals surface area contributed by atoms with Gasteiger partial charge in [-0.2, -0.15) is 4.98 Å². The quantitative estimate of drug-likeness (QED) is 0.398. The van der Waals surface area contributed by atoms with E-state index in [2.05, 4.69) is 16.7 Å². The lowest BCUT2D eigenvalue weighted by atomic mass is 9.82. The van der Waals surface area contributed by atoms with Gasteiger partial charge in [-0.3, -0.25) is 0 Å². The van der Waals surface area contributed by atoms with E-state index in [4.69, 9.17) is 14.7 Å². The largest absolute Gasteiger partial charge is 0.504 e. The number of ether oxygens (including phenoxy) is 1. The molecule has 7 nitrogen and oxygen atoms in total. The number of anilines is 2. The smallest absolute Gasteiger partial charge is 0.225 e. The Labute approximate surface area is 202 Å². The number of fused-ring (bicyclic) bond motifs is 1. The molecule has 0 saturated heterocycles. The molecule has 0 bridgehead atoms. The number of hydrogen-bond acceptors (Lipinski definition) is 7. The van der Waals surface area contributed by atoms with Gasteiger partial charge < -0.3 is 25.4 Å². The molecule has 0 atom stereocenters. The first-order chi connectivity index (χ1) is 16.5. The average Bonchev–Trinajstić information content (AvgIpc) is 2.85. The first-order valence-electron chi connectivity index (χ1n) is 12.4. The predicted octanol–water partition coefficient (Wildman–Crippen LogP) is 4.81. The molecule has 0 spiro atoms. The Morgan fingerprint density at radius 1 is 1.00 bits per heavy atom. The van der Waals surface area contributed by atoms with Crippen molar-refractivity contribution in [2.24, 2.45) is 11.8 Å². The van der Waals surface area contributed by atoms with Crippen LogP contribution in [0.15, 0.2) is 42.5 Å². The predicted molar refractivity (Wildman–Crippen MR) is 139 cm³/mol. The number of rotatable bonds is 10. The van der Waals surface area contributed by atoms with Crippen LogP contribution in [0.25, 0.3) is 10.9 Å². The molecule has 7 heteroatoms. The molecule has 0 radical (unpaired) electrons. The maximum absolute atomic E-state index is 9.86. The summed E-state index contributed by atoms with van der Waals surface area (Å²) in [6, 6.07) is 13.7. The lowest BCUT2D eigenvalue weighted by Crippen LogP contribution is -2.28. The van der Waals surface area contributed by atoms with E-state index < -0.39 is 0 Å². The van der Waals surface area contributed by atoms with E-state index in [1.54, 1.807) is 6.07 Å². The summed E-state index contributed by atoms with van der Waals surface area (Å²) in [6.45, 7) is 5.19. The molecule has 2 aromatic carbocycles. The monoisotopic (exact) mass is 463 g/mol. The van der Waals surface area contributed by atoms with E-state index in [0.29, 0.717) is 30.1 Å². The highest BCUT2D eigenvalue weighted by Crippen LogP contribution is 2.30. The fourth-order valence-corrected chi connectivity index (χ4v) is 4.72. The van der Waals surface area contributed by atoms with Crippen LogP contribution in [0.2, 0.25) is 0 Å². The number of benzene rings is 2. The Balaban J connectivity index is 1.22. The lowest BCUT2D eigenvalue weighted by Gasteiger charge is -2.29. The van der Waals surface area contributed by atoms with Gasteiger partial charge in [0.25, 0.3) is 0 Å². The van der Waals surface area contributed by atoms with E-state index in [0.717, 1.165) is 41.9 Å². The number of aromatic hydroxyl groups is 1. The molecule has 0 amide bonds. The van der Waals surface area contributed by atoms with Crippen molar-refractivity contribution in [2.45, 2.75) is 39.2 Å². The summed E-state index contributed by atoms with van der Waals surface area (Å²) < 4.78 is 5.48. The van der Waals surface area contributed by atoms with E-state index in [9.17, 15) is 5.11 Å². The molecule has 1 aromatic heterocycles. The maximum atomic E-state index is 9.86. The number of aromatic nitrogens is 2. The van der Waals surface area contributed by atoms with Crippen LogP contribution in [0.5, 0.6) is 11.5 Å². The standard InChI is InChI=1S/C27H37N5O2/c1-4-34-25-15-21(13-14-24(25)33)17-28-16-19-9-11-20(12-10-19)18-29-27-30-23-8-6-5-7-22(23)26(31-27)32(2)3/h5-8,13-15,19-20,28,33H,4,9-12,16-18H2,1-3H3,(H,29,30,31). The number of phenolic OH excluding ortho intramolecular Hbond substituents is 1. The molecule has 1 aliphatic rings. The van der Waals surface area contributed by atoms with Crippen LogP contribution >= 0.6 is 0 Å². The fourth-order valence-electron chi connectivity index (χ4n) is 4.72. The van der Waals surface area contributed by atoms with Crippen molar-refractivity contribution >= 4 is 22.7 Å². The molecule has 0 unspecified atom stereocenters. The Kier molecular flexibility index (Phi) is 8.06. The molecule has 3 aromatic rings. The van der Waals surface area contributed by atoms with Crippen molar-refractivity contribution in [3.05, 3.63) is 48.0 Å². The van der Waals surface area contributed by atoms with Crippen LogP contribution < -0.4 is 20.3 Å². The van der Waals surface area contributed by atoms with Crippen molar-refractivity contribution < 1.29 is 9.84 Å². The van der Waals surface area contributed by atoms with Crippen LogP contribution in [0.4, 0.5) is 11.8 Å². The fraction of sp³-hybridized carbons (Fsp3) is 0.481. The normalized spacial score (nSPS) is 18.1. The second-order valence-corrected chi connectivity index (χ2v) is 9.42. The average molecular weight is 464 g/mol. The van der Waals surface area contributed by atoms with Gasteiger partial charge in [0.1, 0.15) is 5.82 Å². The molecule has 34 heavy (non-hydrogen) atoms. The van der Waals surface area contributed by atoms with Gasteiger partial charge in [0, 0.05) is 32.6 Å². The number of para-hydroxylation sites is 1. The van der Waals surface area contributed by atoms with Gasteiger partial charge >= 0.3 is 0 Å². The molecule has 182 valence electrons. The summed E-state index contributed by atoms with van der Waals surface area (Å²) in [5.74, 6) is 3.78. The van der Waals surface area contributed by atoms with E-state index in [-0.39, 0.29) is 5.75 Å². The lowest BCUT2D eigenvalue weighted by molar-refractivity contribution is 0.275. The molecule has 1 heterocycles. The SMILES string of the molecule is CCOc1cc(CNCC2CCC(CNc3nc(N(C)C)c4ccccc4n3)CC2)ccc1O. The van der Waals surface area contributed by atoms with E-state index in [1.807, 2.05) is 56.3 Å². The Hall–Kier alpha value is -3.06. The second-order valence-electron chi connectivity index (χ2n) is 9.42. The Morgan fingerprint density at radius 3 is 2.47 bits per heavy atom. The van der Waals surface area contributed by atoms with E-state index in [1.165, 1.54) is 25.7 Å². The topological polar surface area (TPSA) is 82.5 Å². The van der Waals surface area contributed by atoms with Gasteiger partial charge in [-0.15, -0.1) is 0 Å². The minimum Gasteiger partial charge on any atom is -0.504 e. The summed E-state index contributed by atoms with van der Waals surface area (Å²) >= 11 is 0. The third-order valence-corrected chi connectivity index (χ3v) is 6.61. The van der Waals surface area contributed by atoms with Crippen LogP contribution in [0, 0.1) is 11.8 Å². The minimum atomic E-state index is 0.199. The molecule has 1 saturated carbocycles. The highest BCUT2D eigenvalue weighted by molar-refractivity contribution is 5.90. The highest BCUT2D eigenvalue weighted by Gasteiger charge is 2.21. The van der Waals surface area contributed by atoms with Crippen LogP contribution in [-0.4, -0.2) is 48.9 Å². The summed E-state index contributed by atoms with van der Waals surface area (Å²) in [7, 11) is 4.04. The van der Waals surface area contributed by atoms with Gasteiger partial charge in [-0.25, -0.2) is 4.98 Å². The van der Waals surface area contributed by atoms with Crippen molar-refractivity contribution in [3.8, 4) is 11.5 Å². The number of nitrogens with zero attached hydrogens (tertiary/aromatic N) is 3. The molecule has 3 N–H and O–H groups in total. The molecule has 4 rings (SSSR count). The van der Waals surface area contributed by atoms with Gasteiger partial charge in [-0.1, -0.05) is 18.2 Å². The van der Waals surface area contributed by atoms with Gasteiger partial charge in [0.05, 0.1) is 12.1 Å². The van der Waals surface area contributed by atoms with Gasteiger partial charge in [0.2, 0.25) is 5.95 Å². The minimum absolute atomic E-state index is 0.199. The van der Waals surface area contributed by atoms with E-state index >= 15 is 0 Å². The van der Waals surface area contributed by atoms with Crippen molar-refractivity contribution in [3.63, 3.8) is 0 Å². The maximum Gasteiger partial charge on any atom is 0.225 e. The Morgan fingerprint density at radius 2 is 1.74 bits per heavy atom. The highest BCUT2D eigenvalue weighted by atomic mass is 16.5. The third-order valence-electron chi connectivity index (χ3n) is 6.61. The van der Waals surface area contributed by atoms with Crippen molar-refractivity contribution in [1.29, 1.82) is 0 Å². The molecule has 1 fully saturated rings. The third kappa shape index (κ3) is 6.08. The first kappa shape index (κ1) is 24.1. The summed E-state index contributed by atoms with van der Waals surface area (Å²) in [5.41, 5.74) is 2.10. The Bertz CT molecular complexity index is 1080. The van der Waals surface area contributed by atoms with Crippen LogP contribution in [-0.2, 0) is 6.54 Å². The zero-order valence-corrected chi connectivity index (χ0v) is 20.6. The van der Waals surface area contributed by atoms with Crippen molar-refractivity contribution in [2.75, 3.05) is 44.0 Å². The van der Waals surface area contributed by atoms with Crippen LogP contribution in [0.1, 0.15) is 38.2 Å². The molecular formula is C27H37N5O2. The van der Waals surface area contributed by atoms with Gasteiger partial charge in [-0.05, 0) is 80.8 Å².